The van der Waals surface area contributed by atoms with Crippen molar-refractivity contribution in [2.75, 3.05) is 32.8 Å². The van der Waals surface area contributed by atoms with E-state index >= 15 is 0 Å². The van der Waals surface area contributed by atoms with Gasteiger partial charge in [-0.25, -0.2) is 13.6 Å². The second kappa shape index (κ2) is 10.7. The third kappa shape index (κ3) is 5.82. The van der Waals surface area contributed by atoms with E-state index in [9.17, 15) is 18.4 Å². The zero-order valence-electron chi connectivity index (χ0n) is 18.0. The van der Waals surface area contributed by atoms with Crippen LogP contribution in [0.1, 0.15) is 12.8 Å². The highest BCUT2D eigenvalue weighted by atomic mass is 35.5. The molecule has 0 bridgehead atoms. The Labute approximate surface area is 205 Å². The highest BCUT2D eigenvalue weighted by Gasteiger charge is 2.38. The molecule has 7 nitrogen and oxygen atoms in total. The number of carbonyl (C=O) groups is 2. The number of cyclic esters (lactones) is 1. The van der Waals surface area contributed by atoms with Gasteiger partial charge in [-0.15, -0.1) is 0 Å². The van der Waals surface area contributed by atoms with Gasteiger partial charge < -0.3 is 24.0 Å². The maximum atomic E-state index is 13.5. The van der Waals surface area contributed by atoms with Crippen LogP contribution in [-0.4, -0.2) is 66.8 Å². The molecule has 0 radical (unpaired) electrons. The lowest BCUT2D eigenvalue weighted by atomic mass is 10.0. The number of hydrogen-bond acceptors (Lipinski definition) is 5. The summed E-state index contributed by atoms with van der Waals surface area (Å²) in [5.41, 5.74) is 0. The van der Waals surface area contributed by atoms with Gasteiger partial charge in [-0.3, -0.25) is 4.79 Å². The first-order chi connectivity index (χ1) is 16.3. The summed E-state index contributed by atoms with van der Waals surface area (Å²) in [6.07, 6.45) is 0.256. The van der Waals surface area contributed by atoms with Gasteiger partial charge in [0.15, 0.2) is 12.7 Å². The third-order valence-corrected chi connectivity index (χ3v) is 6.35. The van der Waals surface area contributed by atoms with Crippen LogP contribution in [0.15, 0.2) is 36.4 Å². The highest BCUT2D eigenvalue weighted by molar-refractivity contribution is 6.31. The molecule has 1 atom stereocenters. The molecular formula is C23H22Cl2F2N2O5. The maximum absolute atomic E-state index is 13.5. The summed E-state index contributed by atoms with van der Waals surface area (Å²) < 4.78 is 43.3. The van der Waals surface area contributed by atoms with Crippen LogP contribution in [0.5, 0.6) is 11.5 Å². The van der Waals surface area contributed by atoms with Crippen LogP contribution in [0.4, 0.5) is 13.6 Å². The van der Waals surface area contributed by atoms with E-state index in [1.807, 2.05) is 0 Å². The minimum absolute atomic E-state index is 0.00100. The minimum Gasteiger partial charge on any atom is -0.490 e. The molecule has 2 aromatic rings. The third-order valence-electron chi connectivity index (χ3n) is 5.74. The minimum atomic E-state index is -0.617. The van der Waals surface area contributed by atoms with Gasteiger partial charge >= 0.3 is 6.09 Å². The summed E-state index contributed by atoms with van der Waals surface area (Å²) in [7, 11) is 0. The Bertz CT molecular complexity index is 1070. The molecule has 2 amide bonds. The van der Waals surface area contributed by atoms with E-state index in [0.29, 0.717) is 38.2 Å². The summed E-state index contributed by atoms with van der Waals surface area (Å²) in [4.78, 5) is 28.1. The average Bonchev–Trinajstić information content (AvgIpc) is 3.21. The summed E-state index contributed by atoms with van der Waals surface area (Å²) in [5.74, 6) is -0.907. The fourth-order valence-corrected chi connectivity index (χ4v) is 4.15. The van der Waals surface area contributed by atoms with E-state index in [4.69, 9.17) is 37.4 Å². The smallest absolute Gasteiger partial charge is 0.410 e. The van der Waals surface area contributed by atoms with Gasteiger partial charge in [0.1, 0.15) is 29.7 Å². The van der Waals surface area contributed by atoms with Gasteiger partial charge in [0.2, 0.25) is 0 Å². The van der Waals surface area contributed by atoms with Gasteiger partial charge in [0, 0.05) is 31.3 Å². The second-order valence-corrected chi connectivity index (χ2v) is 8.84. The standard InChI is InChI=1S/C23H22Cl2F2N2O5/c24-18-3-1-15(9-20(18)26)32-12-17-11-29(23(31)34-17)14-5-7-28(8-6-14)22(30)13-33-16-2-4-19(25)21(27)10-16/h1-4,9-10,14,17H,5-8,11-13H2. The molecule has 4 rings (SSSR count). The van der Waals surface area contributed by atoms with Gasteiger partial charge in [-0.2, -0.15) is 0 Å². The van der Waals surface area contributed by atoms with Crippen LogP contribution >= 0.6 is 23.2 Å². The number of ether oxygens (including phenoxy) is 3. The molecular weight excluding hydrogens is 493 g/mol. The number of rotatable bonds is 7. The lowest BCUT2D eigenvalue weighted by Gasteiger charge is -2.35. The monoisotopic (exact) mass is 514 g/mol. The van der Waals surface area contributed by atoms with Gasteiger partial charge in [-0.05, 0) is 37.1 Å². The van der Waals surface area contributed by atoms with Crippen molar-refractivity contribution < 1.29 is 32.6 Å². The van der Waals surface area contributed by atoms with Crippen LogP contribution in [0.2, 0.25) is 10.0 Å². The van der Waals surface area contributed by atoms with Crippen molar-refractivity contribution >= 4 is 35.2 Å². The Balaban J connectivity index is 1.21. The Morgan fingerprint density at radius 2 is 1.59 bits per heavy atom. The van der Waals surface area contributed by atoms with E-state index in [1.54, 1.807) is 15.9 Å². The van der Waals surface area contributed by atoms with Crippen LogP contribution < -0.4 is 9.47 Å². The first-order valence-corrected chi connectivity index (χ1v) is 11.5. The van der Waals surface area contributed by atoms with Crippen molar-refractivity contribution in [3.05, 3.63) is 58.1 Å². The summed E-state index contributed by atoms with van der Waals surface area (Å²) in [5, 5.41) is -0.0186. The van der Waals surface area contributed by atoms with Gasteiger partial charge in [0.05, 0.1) is 16.6 Å². The molecule has 0 aromatic heterocycles. The fraction of sp³-hybridized carbons (Fsp3) is 0.391. The quantitative estimate of drug-likeness (QED) is 0.542. The van der Waals surface area contributed by atoms with Crippen LogP contribution in [0.25, 0.3) is 0 Å². The Hall–Kier alpha value is -2.78. The number of likely N-dealkylation sites (tertiary alicyclic amines) is 1. The van der Waals surface area contributed by atoms with Crippen molar-refractivity contribution in [3.8, 4) is 11.5 Å². The molecule has 0 aliphatic carbocycles. The molecule has 0 saturated carbocycles. The lowest BCUT2D eigenvalue weighted by Crippen LogP contribution is -2.48. The SMILES string of the molecule is O=C(COc1ccc(Cl)c(F)c1)N1CCC(N2CC(COc3ccc(Cl)c(F)c3)OC2=O)CC1. The molecule has 2 heterocycles. The molecule has 182 valence electrons. The molecule has 2 aliphatic rings. The van der Waals surface area contributed by atoms with E-state index in [2.05, 4.69) is 0 Å². The molecule has 1 unspecified atom stereocenters. The Morgan fingerprint density at radius 1 is 1.00 bits per heavy atom. The number of nitrogens with zero attached hydrogens (tertiary/aromatic N) is 2. The van der Waals surface area contributed by atoms with Crippen LogP contribution in [-0.2, 0) is 9.53 Å². The van der Waals surface area contributed by atoms with Crippen LogP contribution in [0.3, 0.4) is 0 Å². The topological polar surface area (TPSA) is 68.3 Å². The average molecular weight is 515 g/mol. The normalized spacial score (nSPS) is 18.7. The van der Waals surface area contributed by atoms with Crippen molar-refractivity contribution in [2.45, 2.75) is 25.0 Å². The lowest BCUT2D eigenvalue weighted by molar-refractivity contribution is -0.134. The first kappa shape index (κ1) is 24.3. The summed E-state index contributed by atoms with van der Waals surface area (Å²) in [6.45, 7) is 1.12. The highest BCUT2D eigenvalue weighted by Crippen LogP contribution is 2.25. The summed E-state index contributed by atoms with van der Waals surface area (Å²) in [6, 6.07) is 8.03. The molecule has 2 fully saturated rings. The number of carbonyl (C=O) groups excluding carboxylic acids is 2. The van der Waals surface area contributed by atoms with E-state index in [-0.39, 0.29) is 41.0 Å². The Morgan fingerprint density at radius 3 is 2.18 bits per heavy atom. The van der Waals surface area contributed by atoms with Crippen molar-refractivity contribution in [1.29, 1.82) is 0 Å². The molecule has 2 saturated heterocycles. The second-order valence-electron chi connectivity index (χ2n) is 8.02. The number of halogens is 4. The van der Waals surface area contributed by atoms with Crippen LogP contribution in [0, 0.1) is 11.6 Å². The van der Waals surface area contributed by atoms with Crippen molar-refractivity contribution in [2.24, 2.45) is 0 Å². The van der Waals surface area contributed by atoms with Gasteiger partial charge in [0.25, 0.3) is 5.91 Å². The zero-order chi connectivity index (χ0) is 24.2. The Kier molecular flexibility index (Phi) is 7.63. The largest absolute Gasteiger partial charge is 0.490 e. The molecule has 0 spiro atoms. The van der Waals surface area contributed by atoms with E-state index in [1.165, 1.54) is 24.3 Å². The maximum Gasteiger partial charge on any atom is 0.410 e. The zero-order valence-corrected chi connectivity index (χ0v) is 19.5. The number of benzene rings is 2. The summed E-state index contributed by atoms with van der Waals surface area (Å²) >= 11 is 11.3. The fourth-order valence-electron chi connectivity index (χ4n) is 3.91. The van der Waals surface area contributed by atoms with Gasteiger partial charge in [-0.1, -0.05) is 23.2 Å². The van der Waals surface area contributed by atoms with E-state index in [0.717, 1.165) is 6.07 Å². The van der Waals surface area contributed by atoms with Crippen molar-refractivity contribution in [1.82, 2.24) is 9.80 Å². The number of amides is 2. The molecule has 2 aliphatic heterocycles. The molecule has 34 heavy (non-hydrogen) atoms. The van der Waals surface area contributed by atoms with Crippen molar-refractivity contribution in [3.63, 3.8) is 0 Å². The first-order valence-electron chi connectivity index (χ1n) is 10.7. The molecule has 11 heteroatoms. The predicted molar refractivity (Wildman–Crippen MR) is 120 cm³/mol. The number of hydrogen-bond donors (Lipinski definition) is 0. The van der Waals surface area contributed by atoms with E-state index < -0.39 is 23.8 Å². The predicted octanol–water partition coefficient (Wildman–Crippen LogP) is 4.54. The molecule has 2 aromatic carbocycles. The number of piperidine rings is 1. The molecule has 0 N–H and O–H groups in total.